The Morgan fingerprint density at radius 2 is 0.612 bits per heavy atom. The minimum Gasteiger partial charge on any atom is -0.356 e. The summed E-state index contributed by atoms with van der Waals surface area (Å²) in [5.41, 5.74) is 27.0. The van der Waals surface area contributed by atoms with E-state index in [1.165, 1.54) is 160 Å². The minimum absolute atomic E-state index is 0.358. The largest absolute Gasteiger partial charge is 0.356 e. The van der Waals surface area contributed by atoms with Gasteiger partial charge in [0.25, 0.3) is 0 Å². The Morgan fingerprint density at radius 1 is 0.282 bits per heavy atom. The van der Waals surface area contributed by atoms with Crippen molar-refractivity contribution in [3.05, 3.63) is 290 Å². The summed E-state index contributed by atoms with van der Waals surface area (Å²) in [4.78, 5) is 0. The summed E-state index contributed by atoms with van der Waals surface area (Å²) in [7, 11) is 0. The van der Waals surface area contributed by atoms with E-state index in [9.17, 15) is 0 Å². The molecule has 15 rings (SSSR count). The molecule has 0 saturated heterocycles. The lowest BCUT2D eigenvalue weighted by atomic mass is 9.88. The number of fused-ring (bicyclic) bond motifs is 9. The van der Waals surface area contributed by atoms with Crippen LogP contribution in [0.1, 0.15) is 68.9 Å². The maximum atomic E-state index is 3.68. The standard InChI is InChI=1S/C81H66N4/c1-2-3-4-5-6-13-22-69-74-51-59(55-27-39-63(40-28-55)82-65-43-31-57(32-44-65)61-37-49-80-76(53-61)72-23-14-16-25-78(72)84(80)67-18-9-7-10-19-67)35-47-70(74)71-48-36-60(52-75(69)71)56-29-41-64(42-30-56)83-66-45-33-58(34-46-66)62-38-50-81-77(54-62)73-24-15-17-26-79(73)85(81)68-20-11-8-12-21-68/h7-12,14-21,23-54,69,82-83H,2-6,13,22H2,1H3. The number of unbranched alkanes of at least 4 members (excludes halogenated alkanes) is 5. The van der Waals surface area contributed by atoms with E-state index >= 15 is 0 Å². The number of para-hydroxylation sites is 4. The van der Waals surface area contributed by atoms with Crippen LogP contribution in [0.4, 0.5) is 22.7 Å². The molecule has 0 aliphatic heterocycles. The summed E-state index contributed by atoms with van der Waals surface area (Å²) >= 11 is 0. The summed E-state index contributed by atoms with van der Waals surface area (Å²) < 4.78 is 4.74. The van der Waals surface area contributed by atoms with Crippen LogP contribution in [0.3, 0.4) is 0 Å². The third kappa shape index (κ3) is 9.94. The lowest BCUT2D eigenvalue weighted by Gasteiger charge is -2.16. The number of aromatic nitrogens is 2. The fourth-order valence-corrected chi connectivity index (χ4v) is 13.5. The Balaban J connectivity index is 0.632. The number of hydrogen-bond donors (Lipinski definition) is 2. The first-order valence-corrected chi connectivity index (χ1v) is 30.5. The first kappa shape index (κ1) is 51.7. The zero-order valence-corrected chi connectivity index (χ0v) is 48.0. The van der Waals surface area contributed by atoms with Crippen LogP contribution in [0.2, 0.25) is 0 Å². The van der Waals surface area contributed by atoms with E-state index in [1.807, 2.05) is 0 Å². The quantitative estimate of drug-likeness (QED) is 0.0891. The van der Waals surface area contributed by atoms with Gasteiger partial charge in [0, 0.05) is 61.6 Å². The van der Waals surface area contributed by atoms with Gasteiger partial charge < -0.3 is 19.8 Å². The molecule has 85 heavy (non-hydrogen) atoms. The minimum atomic E-state index is 0.358. The predicted octanol–water partition coefficient (Wildman–Crippen LogP) is 22.9. The Kier molecular flexibility index (Phi) is 13.7. The van der Waals surface area contributed by atoms with Gasteiger partial charge in [-0.2, -0.15) is 0 Å². The summed E-state index contributed by atoms with van der Waals surface area (Å²) in [6, 6.07) is 102. The Labute approximate surface area is 498 Å². The maximum absolute atomic E-state index is 3.68. The van der Waals surface area contributed by atoms with Crippen LogP contribution in [-0.2, 0) is 0 Å². The van der Waals surface area contributed by atoms with E-state index in [0.717, 1.165) is 29.2 Å². The van der Waals surface area contributed by atoms with E-state index in [4.69, 9.17) is 0 Å². The topological polar surface area (TPSA) is 33.9 Å². The summed E-state index contributed by atoms with van der Waals surface area (Å²) in [5.74, 6) is 0.358. The fraction of sp³-hybridized carbons (Fsp3) is 0.111. The molecule has 14 aromatic rings. The zero-order chi connectivity index (χ0) is 56.6. The predicted molar refractivity (Wildman–Crippen MR) is 362 cm³/mol. The van der Waals surface area contributed by atoms with Gasteiger partial charge in [-0.15, -0.1) is 0 Å². The third-order valence-corrected chi connectivity index (χ3v) is 17.8. The molecule has 0 atom stereocenters. The van der Waals surface area contributed by atoms with Crippen LogP contribution in [0.25, 0.3) is 111 Å². The van der Waals surface area contributed by atoms with Gasteiger partial charge in [-0.3, -0.25) is 0 Å². The highest BCUT2D eigenvalue weighted by Crippen LogP contribution is 2.50. The molecule has 2 aromatic heterocycles. The second-order valence-electron chi connectivity index (χ2n) is 23.1. The van der Waals surface area contributed by atoms with Gasteiger partial charge in [-0.25, -0.2) is 0 Å². The number of nitrogens with one attached hydrogen (secondary N) is 2. The van der Waals surface area contributed by atoms with Crippen molar-refractivity contribution >= 4 is 66.4 Å². The molecule has 2 heterocycles. The van der Waals surface area contributed by atoms with E-state index < -0.39 is 0 Å². The molecule has 12 aromatic carbocycles. The molecule has 2 N–H and O–H groups in total. The monoisotopic (exact) mass is 1090 g/mol. The highest BCUT2D eigenvalue weighted by molar-refractivity contribution is 6.11. The molecule has 0 spiro atoms. The first-order valence-electron chi connectivity index (χ1n) is 30.5. The van der Waals surface area contributed by atoms with Gasteiger partial charge in [0.05, 0.1) is 22.1 Å². The van der Waals surface area contributed by atoms with Crippen LogP contribution in [-0.4, -0.2) is 9.13 Å². The van der Waals surface area contributed by atoms with Crippen LogP contribution in [0, 0.1) is 0 Å². The van der Waals surface area contributed by atoms with Crippen LogP contribution in [0.15, 0.2) is 279 Å². The van der Waals surface area contributed by atoms with Gasteiger partial charge in [0.2, 0.25) is 0 Å². The highest BCUT2D eigenvalue weighted by atomic mass is 15.0. The molecule has 0 bridgehead atoms. The highest BCUT2D eigenvalue weighted by Gasteiger charge is 2.29. The summed E-state index contributed by atoms with van der Waals surface area (Å²) in [6.45, 7) is 2.30. The van der Waals surface area contributed by atoms with Crippen molar-refractivity contribution in [1.29, 1.82) is 0 Å². The SMILES string of the molecule is CCCCCCCCC1c2cc(-c3ccc(Nc4ccc(-c5ccc6c(c5)c5ccccc5n6-c5ccccc5)cc4)cc3)ccc2-c2ccc(-c3ccc(Nc4ccc(-c5ccc6c(c5)c5ccccc5n6-c5ccccc5)cc4)cc3)cc21. The third-order valence-electron chi connectivity index (χ3n) is 17.8. The Hall–Kier alpha value is -10.2. The Bertz CT molecular complexity index is 4410. The zero-order valence-electron chi connectivity index (χ0n) is 48.0. The molecule has 4 heteroatoms. The number of benzene rings is 12. The van der Waals surface area contributed by atoms with Crippen LogP contribution >= 0.6 is 0 Å². The summed E-state index contributed by atoms with van der Waals surface area (Å²) in [5, 5.41) is 12.4. The van der Waals surface area contributed by atoms with Crippen LogP contribution < -0.4 is 10.6 Å². The number of nitrogens with zero attached hydrogens (tertiary/aromatic N) is 2. The average Bonchev–Trinajstić information content (AvgIpc) is 2.50. The molecule has 0 amide bonds. The molecule has 410 valence electrons. The van der Waals surface area contributed by atoms with E-state index in [2.05, 4.69) is 306 Å². The second-order valence-corrected chi connectivity index (χ2v) is 23.1. The van der Waals surface area contributed by atoms with E-state index in [0.29, 0.717) is 5.92 Å². The van der Waals surface area contributed by atoms with Gasteiger partial charge in [-0.05, 0) is 195 Å². The molecule has 1 aliphatic rings. The maximum Gasteiger partial charge on any atom is 0.0541 e. The summed E-state index contributed by atoms with van der Waals surface area (Å²) in [6.07, 6.45) is 8.90. The Morgan fingerprint density at radius 3 is 1.02 bits per heavy atom. The molecule has 0 fully saturated rings. The first-order chi connectivity index (χ1) is 42.1. The van der Waals surface area contributed by atoms with Gasteiger partial charge >= 0.3 is 0 Å². The molecular weight excluding hydrogens is 1030 g/mol. The van der Waals surface area contributed by atoms with Crippen molar-refractivity contribution in [2.45, 2.75) is 57.8 Å². The van der Waals surface area contributed by atoms with Crippen molar-refractivity contribution in [3.8, 4) is 67.0 Å². The fourth-order valence-electron chi connectivity index (χ4n) is 13.5. The molecule has 4 nitrogen and oxygen atoms in total. The number of anilines is 4. The van der Waals surface area contributed by atoms with Gasteiger partial charge in [-0.1, -0.05) is 203 Å². The van der Waals surface area contributed by atoms with Crippen molar-refractivity contribution in [3.63, 3.8) is 0 Å². The number of rotatable bonds is 17. The second kappa shape index (κ2) is 22.5. The lowest BCUT2D eigenvalue weighted by Crippen LogP contribution is -1.98. The smallest absolute Gasteiger partial charge is 0.0541 e. The normalized spacial score (nSPS) is 12.1. The van der Waals surface area contributed by atoms with Crippen molar-refractivity contribution in [2.75, 3.05) is 10.6 Å². The molecule has 0 saturated carbocycles. The lowest BCUT2D eigenvalue weighted by molar-refractivity contribution is 0.571. The molecule has 1 aliphatic carbocycles. The van der Waals surface area contributed by atoms with Crippen LogP contribution in [0.5, 0.6) is 0 Å². The van der Waals surface area contributed by atoms with Crippen molar-refractivity contribution in [2.24, 2.45) is 0 Å². The van der Waals surface area contributed by atoms with Gasteiger partial charge in [0.15, 0.2) is 0 Å². The average molecular weight is 1100 g/mol. The van der Waals surface area contributed by atoms with E-state index in [-0.39, 0.29) is 0 Å². The number of hydrogen-bond acceptors (Lipinski definition) is 2. The van der Waals surface area contributed by atoms with Crippen molar-refractivity contribution < 1.29 is 0 Å². The van der Waals surface area contributed by atoms with E-state index in [1.54, 1.807) is 0 Å². The molecule has 0 radical (unpaired) electrons. The molecule has 0 unspecified atom stereocenters. The van der Waals surface area contributed by atoms with Gasteiger partial charge in [0.1, 0.15) is 0 Å². The van der Waals surface area contributed by atoms with Crippen molar-refractivity contribution in [1.82, 2.24) is 9.13 Å². The molecular formula is C81H66N4.